The highest BCUT2D eigenvalue weighted by molar-refractivity contribution is 5.91. The Morgan fingerprint density at radius 1 is 1.04 bits per heavy atom. The van der Waals surface area contributed by atoms with Crippen molar-refractivity contribution in [1.82, 2.24) is 10.6 Å². The average molecular weight is 335 g/mol. The third kappa shape index (κ3) is 6.00. The van der Waals surface area contributed by atoms with E-state index in [1.807, 2.05) is 30.3 Å². The Morgan fingerprint density at radius 3 is 2.12 bits per heavy atom. The van der Waals surface area contributed by atoms with Crippen molar-refractivity contribution in [1.29, 1.82) is 0 Å². The number of carboxylic acid groups (broad SMARTS) is 1. The Kier molecular flexibility index (Phi) is 7.38. The van der Waals surface area contributed by atoms with E-state index in [9.17, 15) is 14.4 Å². The van der Waals surface area contributed by atoms with Crippen LogP contribution in [-0.4, -0.2) is 41.0 Å². The zero-order chi connectivity index (χ0) is 18.3. The van der Waals surface area contributed by atoms with E-state index in [-0.39, 0.29) is 5.92 Å². The minimum Gasteiger partial charge on any atom is -0.480 e. The molecule has 0 heterocycles. The van der Waals surface area contributed by atoms with Gasteiger partial charge in [0.25, 0.3) is 0 Å². The number of nitrogens with two attached hydrogens (primary N) is 1. The summed E-state index contributed by atoms with van der Waals surface area (Å²) in [5, 5.41) is 14.0. The summed E-state index contributed by atoms with van der Waals surface area (Å²) in [5.41, 5.74) is 6.78. The van der Waals surface area contributed by atoms with E-state index in [4.69, 9.17) is 10.8 Å². The van der Waals surface area contributed by atoms with Crippen LogP contribution < -0.4 is 16.4 Å². The van der Waals surface area contributed by atoms with Crippen molar-refractivity contribution >= 4 is 17.8 Å². The molecule has 7 heteroatoms. The molecule has 0 bridgehead atoms. The molecular weight excluding hydrogens is 310 g/mol. The van der Waals surface area contributed by atoms with Crippen molar-refractivity contribution in [2.75, 3.05) is 0 Å². The molecule has 0 aliphatic heterocycles. The smallest absolute Gasteiger partial charge is 0.326 e. The van der Waals surface area contributed by atoms with Crippen molar-refractivity contribution < 1.29 is 19.5 Å². The van der Waals surface area contributed by atoms with Crippen LogP contribution >= 0.6 is 0 Å². The number of nitrogens with one attached hydrogen (secondary N) is 2. The molecule has 3 atom stereocenters. The van der Waals surface area contributed by atoms with Gasteiger partial charge in [0.05, 0.1) is 6.04 Å². The molecule has 0 aliphatic carbocycles. The lowest BCUT2D eigenvalue weighted by molar-refractivity contribution is -0.143. The minimum absolute atomic E-state index is 0.269. The van der Waals surface area contributed by atoms with Gasteiger partial charge >= 0.3 is 5.97 Å². The fraction of sp³-hybridized carbons (Fsp3) is 0.471. The largest absolute Gasteiger partial charge is 0.480 e. The normalized spacial score (nSPS) is 14.5. The maximum Gasteiger partial charge on any atom is 0.326 e. The molecule has 5 N–H and O–H groups in total. The predicted molar refractivity (Wildman–Crippen MR) is 90.1 cm³/mol. The van der Waals surface area contributed by atoms with Crippen molar-refractivity contribution in [3.8, 4) is 0 Å². The van der Waals surface area contributed by atoms with Crippen LogP contribution in [0.2, 0.25) is 0 Å². The number of carbonyl (C=O) groups is 3. The van der Waals surface area contributed by atoms with Gasteiger partial charge in [0, 0.05) is 0 Å². The molecule has 0 spiro atoms. The molecule has 0 saturated carbocycles. The lowest BCUT2D eigenvalue weighted by Crippen LogP contribution is -2.54. The van der Waals surface area contributed by atoms with Crippen molar-refractivity contribution in [3.63, 3.8) is 0 Å². The van der Waals surface area contributed by atoms with E-state index in [0.29, 0.717) is 6.42 Å². The Labute approximate surface area is 141 Å². The first kappa shape index (κ1) is 19.6. The van der Waals surface area contributed by atoms with Gasteiger partial charge in [0.2, 0.25) is 11.8 Å². The molecule has 132 valence electrons. The van der Waals surface area contributed by atoms with Crippen LogP contribution in [-0.2, 0) is 20.8 Å². The number of carboxylic acids is 1. The van der Waals surface area contributed by atoms with Gasteiger partial charge in [-0.1, -0.05) is 44.2 Å². The second-order valence-corrected chi connectivity index (χ2v) is 6.10. The molecule has 2 amide bonds. The maximum atomic E-state index is 12.1. The Bertz CT molecular complexity index is 574. The molecule has 1 rings (SSSR count). The fourth-order valence-electron chi connectivity index (χ4n) is 2.14. The number of amides is 2. The van der Waals surface area contributed by atoms with Crippen molar-refractivity contribution in [2.45, 2.75) is 45.3 Å². The number of benzene rings is 1. The van der Waals surface area contributed by atoms with E-state index in [1.54, 1.807) is 13.8 Å². The van der Waals surface area contributed by atoms with E-state index in [1.165, 1.54) is 6.92 Å². The van der Waals surface area contributed by atoms with Gasteiger partial charge in [0.15, 0.2) is 0 Å². The number of aliphatic carboxylic acids is 1. The van der Waals surface area contributed by atoms with Crippen molar-refractivity contribution in [3.05, 3.63) is 35.9 Å². The van der Waals surface area contributed by atoms with Crippen LogP contribution in [0.5, 0.6) is 0 Å². The summed E-state index contributed by atoms with van der Waals surface area (Å²) < 4.78 is 0. The first-order valence-corrected chi connectivity index (χ1v) is 7.85. The highest BCUT2D eigenvalue weighted by Crippen LogP contribution is 2.04. The SMILES string of the molecule is CC(C)[C@H](NC(=O)[C@H](C)NC(=O)[C@@H](N)Cc1ccccc1)C(=O)O. The van der Waals surface area contributed by atoms with E-state index < -0.39 is 35.9 Å². The minimum atomic E-state index is -1.11. The molecular formula is C17H25N3O4. The Morgan fingerprint density at radius 2 is 1.62 bits per heavy atom. The first-order valence-electron chi connectivity index (χ1n) is 7.85. The zero-order valence-corrected chi connectivity index (χ0v) is 14.2. The highest BCUT2D eigenvalue weighted by atomic mass is 16.4. The highest BCUT2D eigenvalue weighted by Gasteiger charge is 2.27. The second-order valence-electron chi connectivity index (χ2n) is 6.10. The summed E-state index contributed by atoms with van der Waals surface area (Å²) in [6.45, 7) is 4.87. The quantitative estimate of drug-likeness (QED) is 0.544. The molecule has 0 fully saturated rings. The van der Waals surface area contributed by atoms with E-state index in [2.05, 4.69) is 10.6 Å². The van der Waals surface area contributed by atoms with Gasteiger partial charge in [-0.05, 0) is 24.8 Å². The summed E-state index contributed by atoms with van der Waals surface area (Å²) in [6.07, 6.45) is 0.352. The fourth-order valence-corrected chi connectivity index (χ4v) is 2.14. The monoisotopic (exact) mass is 335 g/mol. The third-order valence-electron chi connectivity index (χ3n) is 3.62. The van der Waals surface area contributed by atoms with Gasteiger partial charge in [-0.3, -0.25) is 9.59 Å². The summed E-state index contributed by atoms with van der Waals surface area (Å²) in [5.74, 6) is -2.40. The second kappa shape index (κ2) is 9.02. The lowest BCUT2D eigenvalue weighted by atomic mass is 10.0. The van der Waals surface area contributed by atoms with Crippen molar-refractivity contribution in [2.24, 2.45) is 11.7 Å². The predicted octanol–water partition coefficient (Wildman–Crippen LogP) is 0.287. The van der Waals surface area contributed by atoms with Crippen LogP contribution in [0.3, 0.4) is 0 Å². The molecule has 24 heavy (non-hydrogen) atoms. The molecule has 1 aromatic carbocycles. The zero-order valence-electron chi connectivity index (χ0n) is 14.2. The van der Waals surface area contributed by atoms with Gasteiger partial charge in [-0.15, -0.1) is 0 Å². The standard InChI is InChI=1S/C17H25N3O4/c1-10(2)14(17(23)24)20-15(21)11(3)19-16(22)13(18)9-12-7-5-4-6-8-12/h4-8,10-11,13-14H,9,18H2,1-3H3,(H,19,22)(H,20,21)(H,23,24)/t11-,13-,14-/m0/s1. The van der Waals surface area contributed by atoms with Crippen LogP contribution in [0.4, 0.5) is 0 Å². The third-order valence-corrected chi connectivity index (χ3v) is 3.62. The number of rotatable bonds is 8. The van der Waals surface area contributed by atoms with E-state index >= 15 is 0 Å². The van der Waals surface area contributed by atoms with Crippen LogP contribution in [0.15, 0.2) is 30.3 Å². The van der Waals surface area contributed by atoms with Gasteiger partial charge in [-0.2, -0.15) is 0 Å². The molecule has 0 aromatic heterocycles. The first-order chi connectivity index (χ1) is 11.2. The Balaban J connectivity index is 2.56. The summed E-state index contributed by atoms with van der Waals surface area (Å²) in [7, 11) is 0. The summed E-state index contributed by atoms with van der Waals surface area (Å²) in [6, 6.07) is 6.64. The van der Waals surface area contributed by atoms with Crippen LogP contribution in [0, 0.1) is 5.92 Å². The number of hydrogen-bond acceptors (Lipinski definition) is 4. The number of carbonyl (C=O) groups excluding carboxylic acids is 2. The topological polar surface area (TPSA) is 122 Å². The summed E-state index contributed by atoms with van der Waals surface area (Å²) in [4.78, 5) is 35.2. The lowest BCUT2D eigenvalue weighted by Gasteiger charge is -2.22. The van der Waals surface area contributed by atoms with Gasteiger partial charge in [-0.25, -0.2) is 4.79 Å². The number of hydrogen-bond donors (Lipinski definition) is 4. The maximum absolute atomic E-state index is 12.1. The Hall–Kier alpha value is -2.41. The average Bonchev–Trinajstić information content (AvgIpc) is 2.52. The molecule has 1 aromatic rings. The van der Waals surface area contributed by atoms with Crippen LogP contribution in [0.1, 0.15) is 26.3 Å². The molecule has 0 saturated heterocycles. The molecule has 0 radical (unpaired) electrons. The van der Waals surface area contributed by atoms with Crippen LogP contribution in [0.25, 0.3) is 0 Å². The van der Waals surface area contributed by atoms with Gasteiger partial charge in [0.1, 0.15) is 12.1 Å². The van der Waals surface area contributed by atoms with E-state index in [0.717, 1.165) is 5.56 Å². The van der Waals surface area contributed by atoms with Gasteiger partial charge < -0.3 is 21.5 Å². The molecule has 7 nitrogen and oxygen atoms in total. The summed E-state index contributed by atoms with van der Waals surface area (Å²) >= 11 is 0. The molecule has 0 aliphatic rings. The molecule has 0 unspecified atom stereocenters.